The van der Waals surface area contributed by atoms with E-state index in [1.165, 1.54) is 18.9 Å². The predicted molar refractivity (Wildman–Crippen MR) is 83.8 cm³/mol. The molecule has 0 radical (unpaired) electrons. The lowest BCUT2D eigenvalue weighted by Crippen LogP contribution is -2.48. The summed E-state index contributed by atoms with van der Waals surface area (Å²) in [6.07, 6.45) is 2.35. The van der Waals surface area contributed by atoms with Crippen LogP contribution in [-0.4, -0.2) is 40.9 Å². The van der Waals surface area contributed by atoms with Crippen LogP contribution in [0.3, 0.4) is 0 Å². The number of carbonyl (C=O) groups is 2. The number of benzene rings is 1. The molecule has 1 N–H and O–H groups in total. The topological polar surface area (TPSA) is 49.4 Å². The van der Waals surface area contributed by atoms with Crippen molar-refractivity contribution in [2.24, 2.45) is 5.92 Å². The van der Waals surface area contributed by atoms with Gasteiger partial charge in [0.05, 0.1) is 12.3 Å². The van der Waals surface area contributed by atoms with Crippen LogP contribution in [0.1, 0.15) is 18.4 Å². The molecule has 2 amide bonds. The van der Waals surface area contributed by atoms with E-state index in [1.807, 2.05) is 0 Å². The first kappa shape index (κ1) is 15.3. The van der Waals surface area contributed by atoms with Crippen LogP contribution in [0.5, 0.6) is 0 Å². The Balaban J connectivity index is 1.60. The maximum Gasteiger partial charge on any atom is 0.243 e. The molecule has 0 spiro atoms. The van der Waals surface area contributed by atoms with E-state index in [0.29, 0.717) is 29.7 Å². The first-order chi connectivity index (χ1) is 10.6. The molecule has 0 bridgehead atoms. The molecule has 0 unspecified atom stereocenters. The average molecular weight is 322 g/mol. The quantitative estimate of drug-likeness (QED) is 0.899. The second-order valence-corrected chi connectivity index (χ2v) is 6.84. The highest BCUT2D eigenvalue weighted by Gasteiger charge is 2.35. The molecule has 1 saturated heterocycles. The van der Waals surface area contributed by atoms with Crippen molar-refractivity contribution >= 4 is 23.6 Å². The molecule has 2 fully saturated rings. The number of nitrogens with zero attached hydrogens (tertiary/aromatic N) is 1. The largest absolute Gasteiger partial charge is 0.354 e. The second kappa shape index (κ2) is 6.69. The van der Waals surface area contributed by atoms with E-state index in [2.05, 4.69) is 5.32 Å². The Bertz CT molecular complexity index is 577. The van der Waals surface area contributed by atoms with E-state index < -0.39 is 6.04 Å². The molecule has 118 valence electrons. The van der Waals surface area contributed by atoms with E-state index in [9.17, 15) is 14.0 Å². The summed E-state index contributed by atoms with van der Waals surface area (Å²) in [5.74, 6) is 1.06. The fourth-order valence-corrected chi connectivity index (χ4v) is 3.68. The van der Waals surface area contributed by atoms with Crippen molar-refractivity contribution in [2.45, 2.75) is 25.3 Å². The van der Waals surface area contributed by atoms with Crippen LogP contribution < -0.4 is 5.32 Å². The minimum absolute atomic E-state index is 0.000359. The van der Waals surface area contributed by atoms with Crippen molar-refractivity contribution in [3.8, 4) is 0 Å². The Labute approximate surface area is 133 Å². The van der Waals surface area contributed by atoms with E-state index in [0.717, 1.165) is 0 Å². The molecule has 3 rings (SSSR count). The molecule has 1 aliphatic carbocycles. The third-order valence-corrected chi connectivity index (χ3v) is 5.08. The Kier molecular flexibility index (Phi) is 4.66. The monoisotopic (exact) mass is 322 g/mol. The molecule has 1 atom stereocenters. The Morgan fingerprint density at radius 2 is 2.09 bits per heavy atom. The molecule has 1 aliphatic heterocycles. The normalized spacial score (nSPS) is 21.0. The number of rotatable bonds is 5. The average Bonchev–Trinajstić information content (AvgIpc) is 3.21. The summed E-state index contributed by atoms with van der Waals surface area (Å²) in [6.45, 7) is 0.704. The first-order valence-corrected chi connectivity index (χ1v) is 8.69. The number of hydrogen-bond donors (Lipinski definition) is 1. The van der Waals surface area contributed by atoms with E-state index in [4.69, 9.17) is 0 Å². The van der Waals surface area contributed by atoms with Crippen LogP contribution in [0.25, 0.3) is 0 Å². The SMILES string of the molecule is O=C(NCC1CC1)[C@@H]1CSCN1C(=O)Cc1ccccc1F. The molecule has 1 aromatic carbocycles. The van der Waals surface area contributed by atoms with Crippen molar-refractivity contribution in [3.05, 3.63) is 35.6 Å². The van der Waals surface area contributed by atoms with Crippen LogP contribution in [0, 0.1) is 11.7 Å². The van der Waals surface area contributed by atoms with Gasteiger partial charge in [0.15, 0.2) is 0 Å². The summed E-state index contributed by atoms with van der Waals surface area (Å²) >= 11 is 1.56. The summed E-state index contributed by atoms with van der Waals surface area (Å²) in [4.78, 5) is 26.2. The number of thioether (sulfide) groups is 1. The van der Waals surface area contributed by atoms with Gasteiger partial charge in [-0.15, -0.1) is 11.8 Å². The van der Waals surface area contributed by atoms with Crippen LogP contribution >= 0.6 is 11.8 Å². The molecule has 2 aliphatic rings. The van der Waals surface area contributed by atoms with Crippen molar-refractivity contribution < 1.29 is 14.0 Å². The maximum absolute atomic E-state index is 13.7. The van der Waals surface area contributed by atoms with E-state index >= 15 is 0 Å². The molecule has 1 heterocycles. The van der Waals surface area contributed by atoms with E-state index in [1.54, 1.807) is 34.9 Å². The van der Waals surface area contributed by atoms with Gasteiger partial charge in [-0.2, -0.15) is 0 Å². The maximum atomic E-state index is 13.7. The lowest BCUT2D eigenvalue weighted by molar-refractivity contribution is -0.137. The number of amides is 2. The summed E-state index contributed by atoms with van der Waals surface area (Å²) < 4.78 is 13.7. The van der Waals surface area contributed by atoms with Crippen LogP contribution in [-0.2, 0) is 16.0 Å². The zero-order valence-corrected chi connectivity index (χ0v) is 13.1. The Morgan fingerprint density at radius 1 is 1.32 bits per heavy atom. The van der Waals surface area contributed by atoms with Gasteiger partial charge in [0.2, 0.25) is 11.8 Å². The summed E-state index contributed by atoms with van der Waals surface area (Å²) in [6, 6.07) is 5.84. The fraction of sp³-hybridized carbons (Fsp3) is 0.500. The molecule has 1 saturated carbocycles. The number of carbonyl (C=O) groups excluding carboxylic acids is 2. The smallest absolute Gasteiger partial charge is 0.243 e. The van der Waals surface area contributed by atoms with E-state index in [-0.39, 0.29) is 24.1 Å². The summed E-state index contributed by atoms with van der Waals surface area (Å²) in [5.41, 5.74) is 0.376. The van der Waals surface area contributed by atoms with Gasteiger partial charge in [-0.3, -0.25) is 9.59 Å². The molecule has 22 heavy (non-hydrogen) atoms. The highest BCUT2D eigenvalue weighted by Crippen LogP contribution is 2.28. The first-order valence-electron chi connectivity index (χ1n) is 7.53. The minimum atomic E-state index is -0.428. The number of halogens is 1. The van der Waals surface area contributed by atoms with Gasteiger partial charge in [-0.05, 0) is 30.4 Å². The molecular formula is C16H19FN2O2S. The lowest BCUT2D eigenvalue weighted by atomic mass is 10.1. The molecule has 6 heteroatoms. The van der Waals surface area contributed by atoms with Crippen molar-refractivity contribution in [2.75, 3.05) is 18.2 Å². The van der Waals surface area contributed by atoms with Gasteiger partial charge in [-0.25, -0.2) is 4.39 Å². The molecular weight excluding hydrogens is 303 g/mol. The number of nitrogens with one attached hydrogen (secondary N) is 1. The Hall–Kier alpha value is -1.56. The van der Waals surface area contributed by atoms with Crippen molar-refractivity contribution in [1.29, 1.82) is 0 Å². The molecule has 4 nitrogen and oxygen atoms in total. The fourth-order valence-electron chi connectivity index (χ4n) is 2.50. The number of hydrogen-bond acceptors (Lipinski definition) is 3. The highest BCUT2D eigenvalue weighted by atomic mass is 32.2. The Morgan fingerprint density at radius 3 is 2.82 bits per heavy atom. The standard InChI is InChI=1S/C16H19FN2O2S/c17-13-4-2-1-3-12(13)7-15(20)19-10-22-9-14(19)16(21)18-8-11-5-6-11/h1-4,11,14H,5-10H2,(H,18,21)/t14-/m0/s1. The zero-order valence-electron chi connectivity index (χ0n) is 12.3. The van der Waals surface area contributed by atoms with Gasteiger partial charge in [0, 0.05) is 12.3 Å². The van der Waals surface area contributed by atoms with Gasteiger partial charge < -0.3 is 10.2 Å². The van der Waals surface area contributed by atoms with Gasteiger partial charge >= 0.3 is 0 Å². The van der Waals surface area contributed by atoms with Crippen LogP contribution in [0.15, 0.2) is 24.3 Å². The van der Waals surface area contributed by atoms with Gasteiger partial charge in [0.25, 0.3) is 0 Å². The second-order valence-electron chi connectivity index (χ2n) is 5.84. The van der Waals surface area contributed by atoms with Crippen LogP contribution in [0.4, 0.5) is 4.39 Å². The third-order valence-electron chi connectivity index (χ3n) is 4.07. The minimum Gasteiger partial charge on any atom is -0.354 e. The third kappa shape index (κ3) is 3.61. The molecule has 0 aromatic heterocycles. The van der Waals surface area contributed by atoms with Crippen molar-refractivity contribution in [1.82, 2.24) is 10.2 Å². The summed E-state index contributed by atoms with van der Waals surface area (Å²) in [7, 11) is 0. The van der Waals surface area contributed by atoms with Crippen LogP contribution in [0.2, 0.25) is 0 Å². The lowest BCUT2D eigenvalue weighted by Gasteiger charge is -2.23. The predicted octanol–water partition coefficient (Wildman–Crippen LogP) is 1.80. The summed E-state index contributed by atoms with van der Waals surface area (Å²) in [5, 5.41) is 2.93. The van der Waals surface area contributed by atoms with Gasteiger partial charge in [-0.1, -0.05) is 18.2 Å². The zero-order chi connectivity index (χ0) is 15.5. The van der Waals surface area contributed by atoms with Crippen molar-refractivity contribution in [3.63, 3.8) is 0 Å². The highest BCUT2D eigenvalue weighted by molar-refractivity contribution is 7.99. The molecule has 1 aromatic rings. The van der Waals surface area contributed by atoms with Gasteiger partial charge in [0.1, 0.15) is 11.9 Å².